The molecule has 0 fully saturated rings. The Morgan fingerprint density at radius 1 is 1.29 bits per heavy atom. The maximum Gasteiger partial charge on any atom is 0.242 e. The smallest absolute Gasteiger partial charge is 0.242 e. The molecule has 0 saturated heterocycles. The summed E-state index contributed by atoms with van der Waals surface area (Å²) in [5, 5.41) is 5.70. The second-order valence-corrected chi connectivity index (χ2v) is 4.82. The molecule has 112 valence electrons. The normalized spacial score (nSPS) is 12.2. The van der Waals surface area contributed by atoms with Crippen LogP contribution in [0.4, 0.5) is 11.9 Å². The topological polar surface area (TPSA) is 124 Å². The fraction of sp³-hybridized carbons (Fsp3) is 0.417. The molecule has 1 unspecified atom stereocenters. The number of anilines is 2. The molecule has 2 rings (SSSR count). The number of nitrogens with zero attached hydrogens (tertiary/aromatic N) is 5. The van der Waals surface area contributed by atoms with E-state index in [0.29, 0.717) is 5.95 Å². The minimum atomic E-state index is -0.496. The Morgan fingerprint density at radius 2 is 2.05 bits per heavy atom. The van der Waals surface area contributed by atoms with Gasteiger partial charge in [0.1, 0.15) is 12.4 Å². The number of hydrogen-bond donors (Lipinski definition) is 3. The maximum atomic E-state index is 11.9. The third kappa shape index (κ3) is 3.88. The molecule has 9 heteroatoms. The summed E-state index contributed by atoms with van der Waals surface area (Å²) in [5.41, 5.74) is 5.66. The average Bonchev–Trinajstić information content (AvgIpc) is 2.90. The first kappa shape index (κ1) is 14.7. The summed E-state index contributed by atoms with van der Waals surface area (Å²) >= 11 is 0. The molecule has 4 N–H and O–H groups in total. The maximum absolute atomic E-state index is 11.9. The summed E-state index contributed by atoms with van der Waals surface area (Å²) < 4.78 is 1.60. The van der Waals surface area contributed by atoms with Crippen LogP contribution in [-0.4, -0.2) is 42.5 Å². The van der Waals surface area contributed by atoms with Gasteiger partial charge in [0.25, 0.3) is 0 Å². The third-order valence-corrected chi connectivity index (χ3v) is 2.55. The fourth-order valence-electron chi connectivity index (χ4n) is 1.61. The fourth-order valence-corrected chi connectivity index (χ4v) is 1.61. The highest BCUT2D eigenvalue weighted by Crippen LogP contribution is 2.08. The van der Waals surface area contributed by atoms with E-state index in [1.165, 1.54) is 0 Å². The van der Waals surface area contributed by atoms with Crippen molar-refractivity contribution in [2.75, 3.05) is 11.1 Å². The van der Waals surface area contributed by atoms with Gasteiger partial charge in [0.2, 0.25) is 23.8 Å². The molecule has 1 atom stereocenters. The van der Waals surface area contributed by atoms with Crippen LogP contribution in [0.2, 0.25) is 0 Å². The lowest BCUT2D eigenvalue weighted by atomic mass is 10.3. The van der Waals surface area contributed by atoms with E-state index in [1.54, 1.807) is 30.2 Å². The van der Waals surface area contributed by atoms with Gasteiger partial charge in [0.05, 0.1) is 0 Å². The van der Waals surface area contributed by atoms with Gasteiger partial charge in [-0.2, -0.15) is 15.0 Å². The molecule has 2 heterocycles. The molecule has 1 amide bonds. The van der Waals surface area contributed by atoms with Crippen molar-refractivity contribution in [3.63, 3.8) is 0 Å². The van der Waals surface area contributed by atoms with Crippen LogP contribution in [0, 0.1) is 0 Å². The van der Waals surface area contributed by atoms with Crippen LogP contribution in [0.3, 0.4) is 0 Å². The van der Waals surface area contributed by atoms with Gasteiger partial charge in [0.15, 0.2) is 0 Å². The molecule has 2 aromatic heterocycles. The van der Waals surface area contributed by atoms with E-state index < -0.39 is 6.04 Å². The summed E-state index contributed by atoms with van der Waals surface area (Å²) in [7, 11) is 0. The minimum absolute atomic E-state index is 0.0617. The van der Waals surface area contributed by atoms with Crippen LogP contribution >= 0.6 is 0 Å². The van der Waals surface area contributed by atoms with Crippen LogP contribution < -0.4 is 16.4 Å². The van der Waals surface area contributed by atoms with Crippen molar-refractivity contribution >= 4 is 17.8 Å². The molecular weight excluding hydrogens is 272 g/mol. The van der Waals surface area contributed by atoms with Crippen LogP contribution in [0.5, 0.6) is 0 Å². The Labute approximate surface area is 122 Å². The number of carbonyl (C=O) groups is 1. The second-order valence-electron chi connectivity index (χ2n) is 4.82. The van der Waals surface area contributed by atoms with Gasteiger partial charge in [-0.3, -0.25) is 9.36 Å². The van der Waals surface area contributed by atoms with Gasteiger partial charge in [-0.25, -0.2) is 4.98 Å². The van der Waals surface area contributed by atoms with Crippen molar-refractivity contribution in [3.05, 3.63) is 18.7 Å². The van der Waals surface area contributed by atoms with E-state index in [2.05, 4.69) is 30.6 Å². The molecule has 0 saturated carbocycles. The van der Waals surface area contributed by atoms with E-state index in [1.807, 2.05) is 13.8 Å². The van der Waals surface area contributed by atoms with Gasteiger partial charge in [-0.1, -0.05) is 0 Å². The lowest BCUT2D eigenvalue weighted by molar-refractivity contribution is -0.122. The van der Waals surface area contributed by atoms with Gasteiger partial charge >= 0.3 is 0 Å². The molecule has 9 nitrogen and oxygen atoms in total. The Hall–Kier alpha value is -2.71. The zero-order valence-corrected chi connectivity index (χ0v) is 12.1. The molecule has 0 radical (unpaired) electrons. The number of imidazole rings is 1. The van der Waals surface area contributed by atoms with E-state index in [4.69, 9.17) is 5.73 Å². The predicted molar refractivity (Wildman–Crippen MR) is 77.7 cm³/mol. The molecule has 0 aliphatic carbocycles. The van der Waals surface area contributed by atoms with Gasteiger partial charge in [-0.05, 0) is 20.8 Å². The van der Waals surface area contributed by atoms with Gasteiger partial charge in [0, 0.05) is 18.4 Å². The Morgan fingerprint density at radius 3 is 2.67 bits per heavy atom. The number of hydrogen-bond acceptors (Lipinski definition) is 7. The minimum Gasteiger partial charge on any atom is -0.368 e. The van der Waals surface area contributed by atoms with Crippen molar-refractivity contribution in [3.8, 4) is 5.95 Å². The van der Waals surface area contributed by atoms with Crippen molar-refractivity contribution < 1.29 is 4.79 Å². The number of aromatic nitrogens is 5. The SMILES string of the molecule is CC(C)NC(=O)C(C)Nc1nc(N)nc(-n2ccnc2)n1. The van der Waals surface area contributed by atoms with Gasteiger partial charge in [-0.15, -0.1) is 0 Å². The van der Waals surface area contributed by atoms with Crippen molar-refractivity contribution in [1.82, 2.24) is 29.8 Å². The number of nitrogen functional groups attached to an aromatic ring is 1. The molecule has 0 spiro atoms. The van der Waals surface area contributed by atoms with Crippen LogP contribution in [-0.2, 0) is 4.79 Å². The number of nitrogens with one attached hydrogen (secondary N) is 2. The summed E-state index contributed by atoms with van der Waals surface area (Å²) in [6.45, 7) is 5.50. The molecule has 2 aromatic rings. The third-order valence-electron chi connectivity index (χ3n) is 2.55. The highest BCUT2D eigenvalue weighted by atomic mass is 16.2. The zero-order chi connectivity index (χ0) is 15.4. The van der Waals surface area contributed by atoms with E-state index in [9.17, 15) is 4.79 Å². The summed E-state index contributed by atoms with van der Waals surface area (Å²) in [6, 6.07) is -0.434. The van der Waals surface area contributed by atoms with Crippen molar-refractivity contribution in [2.24, 2.45) is 0 Å². The Balaban J connectivity index is 2.15. The molecule has 0 aliphatic rings. The van der Waals surface area contributed by atoms with Crippen LogP contribution in [0.1, 0.15) is 20.8 Å². The molecular formula is C12H18N8O. The van der Waals surface area contributed by atoms with Gasteiger partial charge < -0.3 is 16.4 Å². The Bertz CT molecular complexity index is 610. The summed E-state index contributed by atoms with van der Waals surface area (Å²) in [6.07, 6.45) is 4.84. The summed E-state index contributed by atoms with van der Waals surface area (Å²) in [4.78, 5) is 28.0. The number of rotatable bonds is 5. The summed E-state index contributed by atoms with van der Waals surface area (Å²) in [5.74, 6) is 0.484. The lowest BCUT2D eigenvalue weighted by Gasteiger charge is -2.16. The Kier molecular flexibility index (Phi) is 4.31. The second kappa shape index (κ2) is 6.16. The molecule has 0 bridgehead atoms. The monoisotopic (exact) mass is 290 g/mol. The molecule has 0 aromatic carbocycles. The first-order valence-electron chi connectivity index (χ1n) is 6.52. The van der Waals surface area contributed by atoms with E-state index in [0.717, 1.165) is 0 Å². The van der Waals surface area contributed by atoms with Crippen molar-refractivity contribution in [1.29, 1.82) is 0 Å². The van der Waals surface area contributed by atoms with Crippen molar-refractivity contribution in [2.45, 2.75) is 32.9 Å². The van der Waals surface area contributed by atoms with Crippen LogP contribution in [0.15, 0.2) is 18.7 Å². The first-order chi connectivity index (χ1) is 9.95. The zero-order valence-electron chi connectivity index (χ0n) is 12.1. The van der Waals surface area contributed by atoms with E-state index in [-0.39, 0.29) is 23.8 Å². The largest absolute Gasteiger partial charge is 0.368 e. The quantitative estimate of drug-likeness (QED) is 0.706. The molecule has 21 heavy (non-hydrogen) atoms. The number of nitrogens with two attached hydrogens (primary N) is 1. The highest BCUT2D eigenvalue weighted by molar-refractivity contribution is 5.83. The highest BCUT2D eigenvalue weighted by Gasteiger charge is 2.15. The van der Waals surface area contributed by atoms with E-state index >= 15 is 0 Å². The number of amides is 1. The average molecular weight is 290 g/mol. The lowest BCUT2D eigenvalue weighted by Crippen LogP contribution is -2.41. The predicted octanol–water partition coefficient (Wildman–Crippen LogP) is -0.0355. The van der Waals surface area contributed by atoms with Crippen LogP contribution in [0.25, 0.3) is 5.95 Å². The standard InChI is InChI=1S/C12H18N8O/c1-7(2)15-9(21)8(3)16-11-17-10(13)18-12(19-11)20-5-4-14-6-20/h4-8H,1-3H3,(H,15,21)(H3,13,16,17,18,19). The number of carbonyl (C=O) groups excluding carboxylic acids is 1. The first-order valence-corrected chi connectivity index (χ1v) is 6.52. The molecule has 0 aliphatic heterocycles.